The molecule has 1 aromatic carbocycles. The van der Waals surface area contributed by atoms with Gasteiger partial charge in [-0.05, 0) is 65.3 Å². The molecule has 1 saturated heterocycles. The molecule has 0 atom stereocenters. The molecule has 4 aromatic rings. The van der Waals surface area contributed by atoms with E-state index in [9.17, 15) is 14.4 Å². The highest BCUT2D eigenvalue weighted by atomic mass is 19.1. The topological polar surface area (TPSA) is 111 Å². The van der Waals surface area contributed by atoms with Gasteiger partial charge in [0.2, 0.25) is 0 Å². The molecule has 1 fully saturated rings. The number of aryl methyl sites for hydroxylation is 1. The van der Waals surface area contributed by atoms with Crippen LogP contribution in [-0.4, -0.2) is 63.7 Å². The number of benzene rings is 1. The highest BCUT2D eigenvalue weighted by Crippen LogP contribution is 2.41. The molecule has 1 amide bonds. The third kappa shape index (κ3) is 6.62. The zero-order valence-electron chi connectivity index (χ0n) is 28.3. The number of nitrogens with zero attached hydrogens (tertiary/aromatic N) is 5. The minimum atomic E-state index is -0.560. The lowest BCUT2D eigenvalue weighted by Crippen LogP contribution is -2.41. The molecule has 1 aliphatic carbocycles. The molecular formula is C37H41FN6O5. The van der Waals surface area contributed by atoms with E-state index in [0.717, 1.165) is 38.0 Å². The second-order valence-corrected chi connectivity index (χ2v) is 14.0. The number of fused-ring (bicyclic) bond motifs is 3. The number of pyridine rings is 2. The zero-order chi connectivity index (χ0) is 34.4. The smallest absolute Gasteiger partial charge is 0.302 e. The van der Waals surface area contributed by atoms with E-state index in [0.29, 0.717) is 60.2 Å². The van der Waals surface area contributed by atoms with Crippen molar-refractivity contribution in [3.8, 4) is 11.1 Å². The number of rotatable bonds is 8. The van der Waals surface area contributed by atoms with Crippen LogP contribution in [0.1, 0.15) is 53.6 Å². The maximum Gasteiger partial charge on any atom is 0.302 e. The van der Waals surface area contributed by atoms with Crippen LogP contribution in [-0.2, 0) is 53.9 Å². The first kappa shape index (κ1) is 32.7. The predicted molar refractivity (Wildman–Crippen MR) is 183 cm³/mol. The maximum atomic E-state index is 15.6. The zero-order valence-corrected chi connectivity index (χ0v) is 28.3. The summed E-state index contributed by atoms with van der Waals surface area (Å²) in [6, 6.07) is 10.1. The molecular weight excluding hydrogens is 627 g/mol. The number of carbonyl (C=O) groups is 2. The van der Waals surface area contributed by atoms with Crippen LogP contribution in [0.3, 0.4) is 0 Å². The maximum absolute atomic E-state index is 15.6. The van der Waals surface area contributed by atoms with E-state index in [-0.39, 0.29) is 29.2 Å². The van der Waals surface area contributed by atoms with E-state index in [1.54, 1.807) is 30.4 Å². The van der Waals surface area contributed by atoms with E-state index in [2.05, 4.69) is 33.6 Å². The number of morpholine rings is 1. The van der Waals surface area contributed by atoms with Gasteiger partial charge < -0.3 is 28.8 Å². The Bertz CT molecular complexity index is 1990. The van der Waals surface area contributed by atoms with E-state index < -0.39 is 11.8 Å². The summed E-state index contributed by atoms with van der Waals surface area (Å²) in [4.78, 5) is 47.7. The summed E-state index contributed by atoms with van der Waals surface area (Å²) < 4.78 is 30.0. The van der Waals surface area contributed by atoms with Gasteiger partial charge in [0.25, 0.3) is 11.5 Å². The highest BCUT2D eigenvalue weighted by molar-refractivity contribution is 6.07. The number of hydrogen-bond acceptors (Lipinski definition) is 8. The molecule has 256 valence electrons. The second-order valence-electron chi connectivity index (χ2n) is 14.0. The molecule has 1 N–H and O–H groups in total. The van der Waals surface area contributed by atoms with Crippen molar-refractivity contribution in [3.05, 3.63) is 93.0 Å². The predicted octanol–water partition coefficient (Wildman–Crippen LogP) is 4.81. The van der Waals surface area contributed by atoms with Gasteiger partial charge in [-0.25, -0.2) is 9.37 Å². The Morgan fingerprint density at radius 2 is 1.86 bits per heavy atom. The Morgan fingerprint density at radius 3 is 2.59 bits per heavy atom. The van der Waals surface area contributed by atoms with Gasteiger partial charge in [-0.1, -0.05) is 19.9 Å². The Hall–Kier alpha value is -4.81. The first-order valence-electron chi connectivity index (χ1n) is 16.7. The standard InChI is InChI=1S/C37H41FN6O5/c1-23(45)49-22-29-28(15-27(38)16-31(29)44-8-7-43-32(36(44)47)14-25-17-37(2,3)18-33(25)43)26-13-30(35(46)41(4)21-26)40-34-6-5-24(19-39-34)20-42-9-11-48-12-10-42/h5-6,13-16,19,21H,7-12,17-18,20,22H2,1-4H3,(H,39,40). The molecule has 7 rings (SSSR count). The lowest BCUT2D eigenvalue weighted by molar-refractivity contribution is -0.142. The third-order valence-corrected chi connectivity index (χ3v) is 9.62. The highest BCUT2D eigenvalue weighted by Gasteiger charge is 2.37. The lowest BCUT2D eigenvalue weighted by atomic mass is 9.90. The van der Waals surface area contributed by atoms with Crippen LogP contribution < -0.4 is 15.8 Å². The summed E-state index contributed by atoms with van der Waals surface area (Å²) >= 11 is 0. The number of aromatic nitrogens is 3. The average Bonchev–Trinajstić information content (AvgIpc) is 3.55. The van der Waals surface area contributed by atoms with Gasteiger partial charge in [0, 0.05) is 75.9 Å². The Labute approximate surface area is 284 Å². The molecule has 2 aliphatic heterocycles. The largest absolute Gasteiger partial charge is 0.461 e. The minimum Gasteiger partial charge on any atom is -0.461 e. The van der Waals surface area contributed by atoms with Crippen molar-refractivity contribution < 1.29 is 23.5 Å². The van der Waals surface area contributed by atoms with Crippen molar-refractivity contribution in [1.82, 2.24) is 19.0 Å². The van der Waals surface area contributed by atoms with Gasteiger partial charge >= 0.3 is 5.97 Å². The molecule has 12 heteroatoms. The van der Waals surface area contributed by atoms with Crippen LogP contribution in [0.2, 0.25) is 0 Å². The molecule has 3 aliphatic rings. The Balaban J connectivity index is 1.22. The van der Waals surface area contributed by atoms with Crippen molar-refractivity contribution >= 4 is 29.1 Å². The quantitative estimate of drug-likeness (QED) is 0.267. The monoisotopic (exact) mass is 668 g/mol. The number of halogens is 1. The summed E-state index contributed by atoms with van der Waals surface area (Å²) in [5, 5.41) is 3.13. The normalized spacial score (nSPS) is 17.2. The average molecular weight is 669 g/mol. The number of ether oxygens (including phenoxy) is 2. The Kier molecular flexibility index (Phi) is 8.62. The number of anilines is 3. The minimum absolute atomic E-state index is 0.146. The molecule has 3 aromatic heterocycles. The number of carbonyl (C=O) groups excluding carboxylic acids is 2. The molecule has 11 nitrogen and oxygen atoms in total. The number of amides is 1. The third-order valence-electron chi connectivity index (χ3n) is 9.62. The van der Waals surface area contributed by atoms with Crippen LogP contribution in [0.15, 0.2) is 53.6 Å². The van der Waals surface area contributed by atoms with Crippen LogP contribution in [0.4, 0.5) is 21.6 Å². The SMILES string of the molecule is CC(=O)OCc1c(-c2cc(Nc3ccc(CN4CCOCC4)cn3)c(=O)n(C)c2)cc(F)cc1N1CCn2c(cc3c2CC(C)(C)C3)C1=O. The van der Waals surface area contributed by atoms with Crippen molar-refractivity contribution in [3.63, 3.8) is 0 Å². The number of esters is 1. The second kappa shape index (κ2) is 12.9. The van der Waals surface area contributed by atoms with Crippen LogP contribution in [0, 0.1) is 11.2 Å². The van der Waals surface area contributed by atoms with Crippen LogP contribution in [0.5, 0.6) is 0 Å². The number of hydrogen-bond donors (Lipinski definition) is 1. The van der Waals surface area contributed by atoms with Gasteiger partial charge in [0.1, 0.15) is 29.6 Å². The molecule has 49 heavy (non-hydrogen) atoms. The van der Waals surface area contributed by atoms with E-state index in [1.807, 2.05) is 18.2 Å². The van der Waals surface area contributed by atoms with Crippen molar-refractivity contribution in [2.45, 2.75) is 53.3 Å². The first-order chi connectivity index (χ1) is 23.5. The van der Waals surface area contributed by atoms with Gasteiger partial charge in [0.05, 0.1) is 18.9 Å². The Morgan fingerprint density at radius 1 is 1.06 bits per heavy atom. The van der Waals surface area contributed by atoms with Gasteiger partial charge in [-0.3, -0.25) is 19.3 Å². The fourth-order valence-corrected chi connectivity index (χ4v) is 7.28. The molecule has 0 spiro atoms. The molecule has 0 saturated carbocycles. The van der Waals surface area contributed by atoms with Crippen LogP contribution >= 0.6 is 0 Å². The summed E-state index contributed by atoms with van der Waals surface area (Å²) in [6.45, 7) is 10.4. The van der Waals surface area contributed by atoms with Crippen molar-refractivity contribution in [1.29, 1.82) is 0 Å². The molecule has 0 radical (unpaired) electrons. The van der Waals surface area contributed by atoms with Crippen molar-refractivity contribution in [2.24, 2.45) is 12.5 Å². The first-order valence-corrected chi connectivity index (χ1v) is 16.7. The van der Waals surface area contributed by atoms with Gasteiger partial charge in [0.15, 0.2) is 0 Å². The van der Waals surface area contributed by atoms with E-state index >= 15 is 4.39 Å². The lowest BCUT2D eigenvalue weighted by Gasteiger charge is -2.32. The molecule has 0 bridgehead atoms. The summed E-state index contributed by atoms with van der Waals surface area (Å²) in [6.07, 6.45) is 5.19. The summed E-state index contributed by atoms with van der Waals surface area (Å²) in [5.41, 5.74) is 5.79. The summed E-state index contributed by atoms with van der Waals surface area (Å²) in [7, 11) is 1.62. The summed E-state index contributed by atoms with van der Waals surface area (Å²) in [5.74, 6) is -0.817. The van der Waals surface area contributed by atoms with Crippen LogP contribution in [0.25, 0.3) is 11.1 Å². The van der Waals surface area contributed by atoms with E-state index in [1.165, 1.54) is 34.9 Å². The van der Waals surface area contributed by atoms with E-state index in [4.69, 9.17) is 9.47 Å². The molecule has 5 heterocycles. The fourth-order valence-electron chi connectivity index (χ4n) is 7.28. The fraction of sp³-hybridized carbons (Fsp3) is 0.405. The van der Waals surface area contributed by atoms with Gasteiger partial charge in [-0.2, -0.15) is 0 Å². The van der Waals surface area contributed by atoms with Crippen molar-refractivity contribution in [2.75, 3.05) is 43.1 Å². The van der Waals surface area contributed by atoms with Gasteiger partial charge in [-0.15, -0.1) is 0 Å². The number of nitrogens with one attached hydrogen (secondary N) is 1. The molecule has 0 unspecified atom stereocenters.